The van der Waals surface area contributed by atoms with E-state index in [9.17, 15) is 4.79 Å². The average molecular weight is 343 g/mol. The van der Waals surface area contributed by atoms with E-state index >= 15 is 0 Å². The van der Waals surface area contributed by atoms with Gasteiger partial charge in [-0.2, -0.15) is 0 Å². The highest BCUT2D eigenvalue weighted by molar-refractivity contribution is 6.04. The van der Waals surface area contributed by atoms with Crippen LogP contribution in [-0.4, -0.2) is 11.4 Å². The number of para-hydroxylation sites is 1. The Morgan fingerprint density at radius 2 is 1.79 bits per heavy atom. The van der Waals surface area contributed by atoms with Gasteiger partial charge in [0.2, 0.25) is 5.91 Å². The first-order valence-electron chi connectivity index (χ1n) is 7.89. The molecule has 1 aliphatic heterocycles. The number of hydrogen-bond acceptors (Lipinski definition) is 2. The first-order chi connectivity index (χ1) is 10.9. The molecule has 1 amide bonds. The van der Waals surface area contributed by atoms with Gasteiger partial charge in [0.15, 0.2) is 0 Å². The number of amides is 1. The summed E-state index contributed by atoms with van der Waals surface area (Å²) in [5.74, 6) is -0.116. The van der Waals surface area contributed by atoms with Crippen LogP contribution in [0.15, 0.2) is 54.6 Å². The Morgan fingerprint density at radius 3 is 2.54 bits per heavy atom. The Hall–Kier alpha value is -2.26. The lowest BCUT2D eigenvalue weighted by molar-refractivity contribution is -0.111. The van der Waals surface area contributed by atoms with Crippen LogP contribution in [0.4, 0.5) is 5.69 Å². The summed E-state index contributed by atoms with van der Waals surface area (Å²) in [5, 5.41) is 6.44. The number of rotatable bonds is 2. The zero-order valence-electron chi connectivity index (χ0n) is 14.2. The Kier molecular flexibility index (Phi) is 5.35. The summed E-state index contributed by atoms with van der Waals surface area (Å²) in [7, 11) is 0. The molecule has 3 rings (SSSR count). The molecule has 0 spiro atoms. The van der Waals surface area contributed by atoms with E-state index in [0.717, 1.165) is 28.9 Å². The fourth-order valence-corrected chi connectivity index (χ4v) is 3.02. The van der Waals surface area contributed by atoms with E-state index in [-0.39, 0.29) is 23.9 Å². The van der Waals surface area contributed by atoms with Gasteiger partial charge in [-0.05, 0) is 44.4 Å². The molecule has 2 N–H and O–H groups in total. The van der Waals surface area contributed by atoms with Crippen LogP contribution in [0.3, 0.4) is 0 Å². The van der Waals surface area contributed by atoms with Crippen LogP contribution in [0.5, 0.6) is 0 Å². The van der Waals surface area contributed by atoms with Gasteiger partial charge < -0.3 is 10.6 Å². The van der Waals surface area contributed by atoms with E-state index in [0.29, 0.717) is 0 Å². The lowest BCUT2D eigenvalue weighted by Crippen LogP contribution is -2.44. The molecule has 0 bridgehead atoms. The van der Waals surface area contributed by atoms with Crippen LogP contribution < -0.4 is 10.6 Å². The zero-order valence-corrected chi connectivity index (χ0v) is 15.0. The van der Waals surface area contributed by atoms with Crippen molar-refractivity contribution in [2.45, 2.75) is 32.7 Å². The molecule has 24 heavy (non-hydrogen) atoms. The van der Waals surface area contributed by atoms with Crippen LogP contribution in [0.1, 0.15) is 30.5 Å². The molecule has 0 saturated heterocycles. The molecule has 1 aliphatic rings. The third kappa shape index (κ3) is 3.98. The van der Waals surface area contributed by atoms with Crippen LogP contribution >= 0.6 is 12.4 Å². The van der Waals surface area contributed by atoms with E-state index < -0.39 is 0 Å². The first-order valence-corrected chi connectivity index (χ1v) is 7.89. The molecule has 0 radical (unpaired) electrons. The first kappa shape index (κ1) is 18.1. The van der Waals surface area contributed by atoms with Crippen LogP contribution in [0.2, 0.25) is 0 Å². The molecule has 0 unspecified atom stereocenters. The number of carbonyl (C=O) groups is 1. The molecular weight excluding hydrogens is 320 g/mol. The smallest absolute Gasteiger partial charge is 0.250 e. The largest absolute Gasteiger partial charge is 0.379 e. The van der Waals surface area contributed by atoms with Crippen molar-refractivity contribution in [3.8, 4) is 0 Å². The van der Waals surface area contributed by atoms with Gasteiger partial charge >= 0.3 is 0 Å². The van der Waals surface area contributed by atoms with Gasteiger partial charge in [0.05, 0.1) is 0 Å². The number of benzene rings is 2. The maximum absolute atomic E-state index is 12.4. The highest BCUT2D eigenvalue weighted by Crippen LogP contribution is 2.29. The molecule has 2 aromatic carbocycles. The number of fused-ring (bicyclic) bond motifs is 1. The maximum Gasteiger partial charge on any atom is 0.250 e. The molecule has 0 aliphatic carbocycles. The van der Waals surface area contributed by atoms with E-state index in [4.69, 9.17) is 0 Å². The van der Waals surface area contributed by atoms with Gasteiger partial charge in [-0.15, -0.1) is 12.4 Å². The number of anilines is 1. The third-order valence-corrected chi connectivity index (χ3v) is 4.09. The van der Waals surface area contributed by atoms with Gasteiger partial charge in [0.25, 0.3) is 0 Å². The Balaban J connectivity index is 0.00000208. The summed E-state index contributed by atoms with van der Waals surface area (Å²) >= 11 is 0. The summed E-state index contributed by atoms with van der Waals surface area (Å²) in [6.07, 6.45) is 2.60. The lowest BCUT2D eigenvalue weighted by Gasteiger charge is -2.35. The number of aryl methyl sites for hydroxylation is 1. The Bertz CT molecular complexity index is 781. The SMILES string of the molecule is Cc1ccccc1NC(=O)C=C1NC(C)(C)Cc2ccccc21.Cl. The number of nitrogens with one attached hydrogen (secondary N) is 2. The summed E-state index contributed by atoms with van der Waals surface area (Å²) in [6, 6.07) is 16.0. The normalized spacial score (nSPS) is 16.5. The van der Waals surface area contributed by atoms with Crippen LogP contribution in [0, 0.1) is 6.92 Å². The highest BCUT2D eigenvalue weighted by atomic mass is 35.5. The van der Waals surface area contributed by atoms with Gasteiger partial charge in [-0.1, -0.05) is 42.5 Å². The van der Waals surface area contributed by atoms with Gasteiger partial charge in [0, 0.05) is 28.6 Å². The van der Waals surface area contributed by atoms with Gasteiger partial charge in [-0.25, -0.2) is 0 Å². The quantitative estimate of drug-likeness (QED) is 0.798. The fraction of sp³-hybridized carbons (Fsp3) is 0.250. The standard InChI is InChI=1S/C20H22N2O.ClH/c1-14-8-4-7-11-17(14)21-19(23)12-18-16-10-6-5-9-15(16)13-20(2,3)22-18;/h4-12,22H,13H2,1-3H3,(H,21,23);1H. The Labute approximate surface area is 149 Å². The van der Waals surface area contributed by atoms with Crippen molar-refractivity contribution < 1.29 is 4.79 Å². The minimum absolute atomic E-state index is 0. The van der Waals surface area contributed by atoms with Crippen molar-refractivity contribution in [1.82, 2.24) is 5.32 Å². The van der Waals surface area contributed by atoms with E-state index in [1.54, 1.807) is 6.08 Å². The second-order valence-electron chi connectivity index (χ2n) is 6.70. The van der Waals surface area contributed by atoms with Crippen LogP contribution in [-0.2, 0) is 11.2 Å². The monoisotopic (exact) mass is 342 g/mol. The van der Waals surface area contributed by atoms with Crippen molar-refractivity contribution in [1.29, 1.82) is 0 Å². The second-order valence-corrected chi connectivity index (χ2v) is 6.70. The van der Waals surface area contributed by atoms with Crippen molar-refractivity contribution in [2.75, 3.05) is 5.32 Å². The molecular formula is C20H23ClN2O. The number of halogens is 1. The van der Waals surface area contributed by atoms with E-state index in [2.05, 4.69) is 36.6 Å². The number of carbonyl (C=O) groups excluding carboxylic acids is 1. The third-order valence-electron chi connectivity index (χ3n) is 4.09. The van der Waals surface area contributed by atoms with Gasteiger partial charge in [-0.3, -0.25) is 4.79 Å². The van der Waals surface area contributed by atoms with E-state index in [1.807, 2.05) is 43.3 Å². The molecule has 0 fully saturated rings. The minimum Gasteiger partial charge on any atom is -0.379 e. The molecule has 2 aromatic rings. The molecule has 126 valence electrons. The molecule has 0 saturated carbocycles. The van der Waals surface area contributed by atoms with E-state index in [1.165, 1.54) is 5.56 Å². The zero-order chi connectivity index (χ0) is 16.4. The molecule has 1 heterocycles. The predicted octanol–water partition coefficient (Wildman–Crippen LogP) is 4.32. The van der Waals surface area contributed by atoms with Crippen molar-refractivity contribution >= 4 is 29.7 Å². The lowest BCUT2D eigenvalue weighted by atomic mass is 9.86. The maximum atomic E-state index is 12.4. The summed E-state index contributed by atoms with van der Waals surface area (Å²) in [5.41, 5.74) is 5.08. The molecule has 0 atom stereocenters. The molecule has 3 nitrogen and oxygen atoms in total. The van der Waals surface area contributed by atoms with Gasteiger partial charge in [0.1, 0.15) is 0 Å². The molecule has 4 heteroatoms. The number of hydrogen-bond donors (Lipinski definition) is 2. The predicted molar refractivity (Wildman–Crippen MR) is 102 cm³/mol. The van der Waals surface area contributed by atoms with Crippen LogP contribution in [0.25, 0.3) is 5.70 Å². The summed E-state index contributed by atoms with van der Waals surface area (Å²) in [4.78, 5) is 12.4. The summed E-state index contributed by atoms with van der Waals surface area (Å²) in [6.45, 7) is 6.28. The molecule has 0 aromatic heterocycles. The fourth-order valence-electron chi connectivity index (χ4n) is 3.02. The minimum atomic E-state index is -0.116. The van der Waals surface area contributed by atoms with Crippen molar-refractivity contribution in [2.24, 2.45) is 0 Å². The Morgan fingerprint density at radius 1 is 1.12 bits per heavy atom. The second kappa shape index (κ2) is 7.10. The highest BCUT2D eigenvalue weighted by Gasteiger charge is 2.27. The summed E-state index contributed by atoms with van der Waals surface area (Å²) < 4.78 is 0. The average Bonchev–Trinajstić information content (AvgIpc) is 2.48. The topological polar surface area (TPSA) is 41.1 Å². The van der Waals surface area contributed by atoms with Crippen molar-refractivity contribution in [3.05, 3.63) is 71.3 Å². The van der Waals surface area contributed by atoms with Crippen molar-refractivity contribution in [3.63, 3.8) is 0 Å².